The topological polar surface area (TPSA) is 40.6 Å². The van der Waals surface area contributed by atoms with Crippen LogP contribution in [0.15, 0.2) is 30.3 Å². The zero-order valence-corrected chi connectivity index (χ0v) is 14.5. The van der Waals surface area contributed by atoms with E-state index in [1.165, 1.54) is 0 Å². The lowest BCUT2D eigenvalue weighted by Gasteiger charge is -2.20. The van der Waals surface area contributed by atoms with Crippen molar-refractivity contribution in [1.82, 2.24) is 9.80 Å². The summed E-state index contributed by atoms with van der Waals surface area (Å²) in [6, 6.07) is 10.0. The molecule has 1 heterocycles. The predicted octanol–water partition coefficient (Wildman–Crippen LogP) is 2.93. The molecule has 1 saturated heterocycles. The molecule has 1 unspecified atom stereocenters. The highest BCUT2D eigenvalue weighted by Gasteiger charge is 2.28. The first-order valence-electron chi connectivity index (χ1n) is 8.51. The normalized spacial score (nSPS) is 17.6. The van der Waals surface area contributed by atoms with Crippen molar-refractivity contribution in [3.05, 3.63) is 35.9 Å². The molecular formula is C19H28N2O2. The van der Waals surface area contributed by atoms with Gasteiger partial charge < -0.3 is 9.80 Å². The number of amides is 2. The minimum absolute atomic E-state index is 0.164. The smallest absolute Gasteiger partial charge is 0.222 e. The number of hydrogen-bond acceptors (Lipinski definition) is 2. The van der Waals surface area contributed by atoms with Crippen LogP contribution in [0, 0.1) is 11.8 Å². The summed E-state index contributed by atoms with van der Waals surface area (Å²) < 4.78 is 0. The highest BCUT2D eigenvalue weighted by Crippen LogP contribution is 2.22. The molecule has 2 rings (SSSR count). The first kappa shape index (κ1) is 17.5. The minimum Gasteiger partial charge on any atom is -0.342 e. The van der Waals surface area contributed by atoms with E-state index in [2.05, 4.69) is 13.8 Å². The average molecular weight is 316 g/mol. The molecule has 0 N–H and O–H groups in total. The average Bonchev–Trinajstić information content (AvgIpc) is 2.96. The molecule has 0 saturated carbocycles. The van der Waals surface area contributed by atoms with Crippen molar-refractivity contribution in [2.45, 2.75) is 39.7 Å². The molecule has 126 valence electrons. The van der Waals surface area contributed by atoms with Crippen molar-refractivity contribution in [3.8, 4) is 0 Å². The van der Waals surface area contributed by atoms with E-state index >= 15 is 0 Å². The SMILES string of the molecule is CC(C)CC(=O)N1CCC(CC(=O)N(C)Cc2ccccc2)C1. The van der Waals surface area contributed by atoms with E-state index in [4.69, 9.17) is 0 Å². The van der Waals surface area contributed by atoms with Crippen molar-refractivity contribution >= 4 is 11.8 Å². The maximum Gasteiger partial charge on any atom is 0.222 e. The third kappa shape index (κ3) is 5.38. The molecule has 1 aromatic carbocycles. The van der Waals surface area contributed by atoms with Crippen molar-refractivity contribution in [2.75, 3.05) is 20.1 Å². The molecule has 4 heteroatoms. The van der Waals surface area contributed by atoms with E-state index in [1.807, 2.05) is 42.3 Å². The maximum absolute atomic E-state index is 12.4. The summed E-state index contributed by atoms with van der Waals surface area (Å²) in [6.45, 7) is 6.30. The summed E-state index contributed by atoms with van der Waals surface area (Å²) in [4.78, 5) is 28.2. The zero-order chi connectivity index (χ0) is 16.8. The molecule has 1 aliphatic rings. The van der Waals surface area contributed by atoms with Crippen LogP contribution in [0.2, 0.25) is 0 Å². The first-order valence-corrected chi connectivity index (χ1v) is 8.51. The van der Waals surface area contributed by atoms with E-state index in [0.717, 1.165) is 25.1 Å². The van der Waals surface area contributed by atoms with E-state index in [9.17, 15) is 9.59 Å². The van der Waals surface area contributed by atoms with Gasteiger partial charge >= 0.3 is 0 Å². The molecule has 4 nitrogen and oxygen atoms in total. The molecular weight excluding hydrogens is 288 g/mol. The number of rotatable bonds is 6. The van der Waals surface area contributed by atoms with Gasteiger partial charge in [0.05, 0.1) is 0 Å². The Morgan fingerprint density at radius 2 is 1.96 bits per heavy atom. The van der Waals surface area contributed by atoms with Crippen LogP contribution in [0.3, 0.4) is 0 Å². The summed E-state index contributed by atoms with van der Waals surface area (Å²) in [5, 5.41) is 0. The Morgan fingerprint density at radius 1 is 1.26 bits per heavy atom. The Morgan fingerprint density at radius 3 is 2.61 bits per heavy atom. The van der Waals surface area contributed by atoms with Crippen molar-refractivity contribution in [1.29, 1.82) is 0 Å². The van der Waals surface area contributed by atoms with Gasteiger partial charge in [0.2, 0.25) is 11.8 Å². The number of nitrogens with zero attached hydrogens (tertiary/aromatic N) is 2. The second-order valence-electron chi connectivity index (χ2n) is 7.03. The van der Waals surface area contributed by atoms with Crippen LogP contribution >= 0.6 is 0 Å². The Hall–Kier alpha value is -1.84. The molecule has 23 heavy (non-hydrogen) atoms. The fraction of sp³-hybridized carbons (Fsp3) is 0.579. The molecule has 0 radical (unpaired) electrons. The first-order chi connectivity index (χ1) is 11.0. The number of carbonyl (C=O) groups excluding carboxylic acids is 2. The lowest BCUT2D eigenvalue weighted by Crippen LogP contribution is -2.31. The summed E-state index contributed by atoms with van der Waals surface area (Å²) in [6.07, 6.45) is 2.08. The lowest BCUT2D eigenvalue weighted by molar-refractivity contribution is -0.133. The quantitative estimate of drug-likeness (QED) is 0.809. The third-order valence-corrected chi connectivity index (χ3v) is 4.37. The van der Waals surface area contributed by atoms with Crippen LogP contribution in [0.5, 0.6) is 0 Å². The lowest BCUT2D eigenvalue weighted by atomic mass is 10.0. The molecule has 0 aliphatic carbocycles. The van der Waals surface area contributed by atoms with Crippen molar-refractivity contribution in [2.24, 2.45) is 11.8 Å². The summed E-state index contributed by atoms with van der Waals surface area (Å²) in [7, 11) is 1.85. The van der Waals surface area contributed by atoms with Crippen molar-refractivity contribution in [3.63, 3.8) is 0 Å². The standard InChI is InChI=1S/C19H28N2O2/c1-15(2)11-19(23)21-10-9-17(14-21)12-18(22)20(3)13-16-7-5-4-6-8-16/h4-8,15,17H,9-14H2,1-3H3. The molecule has 2 amide bonds. The number of hydrogen-bond donors (Lipinski definition) is 0. The fourth-order valence-corrected chi connectivity index (χ4v) is 3.05. The van der Waals surface area contributed by atoms with Gasteiger partial charge in [-0.25, -0.2) is 0 Å². The van der Waals surface area contributed by atoms with Crippen LogP contribution in [0.25, 0.3) is 0 Å². The molecule has 1 aliphatic heterocycles. The molecule has 1 aromatic rings. The Balaban J connectivity index is 1.78. The van der Waals surface area contributed by atoms with Crippen LogP contribution < -0.4 is 0 Å². The van der Waals surface area contributed by atoms with Gasteiger partial charge in [-0.2, -0.15) is 0 Å². The summed E-state index contributed by atoms with van der Waals surface area (Å²) in [5.74, 6) is 1.08. The van der Waals surface area contributed by atoms with Gasteiger partial charge in [0.15, 0.2) is 0 Å². The monoisotopic (exact) mass is 316 g/mol. The van der Waals surface area contributed by atoms with Crippen LogP contribution in [0.1, 0.15) is 38.7 Å². The van der Waals surface area contributed by atoms with Gasteiger partial charge in [-0.05, 0) is 23.8 Å². The van der Waals surface area contributed by atoms with Crippen LogP contribution in [-0.2, 0) is 16.1 Å². The van der Waals surface area contributed by atoms with Crippen LogP contribution in [-0.4, -0.2) is 41.8 Å². The number of carbonyl (C=O) groups is 2. The van der Waals surface area contributed by atoms with Gasteiger partial charge in [0.1, 0.15) is 0 Å². The van der Waals surface area contributed by atoms with Gasteiger partial charge in [0, 0.05) is 39.5 Å². The zero-order valence-electron chi connectivity index (χ0n) is 14.5. The van der Waals surface area contributed by atoms with Gasteiger partial charge in [-0.1, -0.05) is 44.2 Å². The highest BCUT2D eigenvalue weighted by atomic mass is 16.2. The maximum atomic E-state index is 12.4. The minimum atomic E-state index is 0.164. The Bertz CT molecular complexity index is 527. The Labute approximate surface area is 139 Å². The molecule has 0 bridgehead atoms. The largest absolute Gasteiger partial charge is 0.342 e. The number of benzene rings is 1. The third-order valence-electron chi connectivity index (χ3n) is 4.37. The second-order valence-corrected chi connectivity index (χ2v) is 7.03. The second kappa shape index (κ2) is 8.14. The molecule has 0 aromatic heterocycles. The molecule has 0 spiro atoms. The fourth-order valence-electron chi connectivity index (χ4n) is 3.05. The van der Waals surface area contributed by atoms with Crippen molar-refractivity contribution < 1.29 is 9.59 Å². The molecule has 1 atom stereocenters. The number of likely N-dealkylation sites (tertiary alicyclic amines) is 1. The predicted molar refractivity (Wildman–Crippen MR) is 91.7 cm³/mol. The summed E-state index contributed by atoms with van der Waals surface area (Å²) in [5.41, 5.74) is 1.14. The highest BCUT2D eigenvalue weighted by molar-refractivity contribution is 5.78. The van der Waals surface area contributed by atoms with E-state index in [0.29, 0.717) is 31.2 Å². The van der Waals surface area contributed by atoms with Gasteiger partial charge in [0.25, 0.3) is 0 Å². The van der Waals surface area contributed by atoms with Gasteiger partial charge in [-0.15, -0.1) is 0 Å². The van der Waals surface area contributed by atoms with E-state index < -0.39 is 0 Å². The van der Waals surface area contributed by atoms with Gasteiger partial charge in [-0.3, -0.25) is 9.59 Å². The van der Waals surface area contributed by atoms with E-state index in [1.54, 1.807) is 4.90 Å². The van der Waals surface area contributed by atoms with Crippen LogP contribution in [0.4, 0.5) is 0 Å². The van der Waals surface area contributed by atoms with E-state index in [-0.39, 0.29) is 11.8 Å². The molecule has 1 fully saturated rings. The summed E-state index contributed by atoms with van der Waals surface area (Å²) >= 11 is 0. The Kier molecular flexibility index (Phi) is 6.20.